The molecule has 1 aliphatic carbocycles. The summed E-state index contributed by atoms with van der Waals surface area (Å²) in [4.78, 5) is 27.0. The second-order valence-corrected chi connectivity index (χ2v) is 10.3. The van der Waals surface area contributed by atoms with Crippen molar-refractivity contribution in [1.82, 2.24) is 24.5 Å². The number of hydrogen-bond acceptors (Lipinski definition) is 7. The first-order valence-corrected chi connectivity index (χ1v) is 11.9. The molecule has 0 radical (unpaired) electrons. The van der Waals surface area contributed by atoms with E-state index in [9.17, 15) is 13.6 Å². The minimum atomic E-state index is -2.74. The van der Waals surface area contributed by atoms with Gasteiger partial charge in [-0.1, -0.05) is 0 Å². The molecule has 5 heterocycles. The summed E-state index contributed by atoms with van der Waals surface area (Å²) < 4.78 is 28.3. The Morgan fingerprint density at radius 2 is 2.12 bits per heavy atom. The molecule has 11 heteroatoms. The maximum absolute atomic E-state index is 13.2. The normalized spacial score (nSPS) is 19.2. The van der Waals surface area contributed by atoms with Crippen molar-refractivity contribution in [3.05, 3.63) is 41.3 Å². The molecule has 1 fully saturated rings. The third-order valence-corrected chi connectivity index (χ3v) is 7.76. The van der Waals surface area contributed by atoms with Crippen molar-refractivity contribution in [2.45, 2.75) is 25.2 Å². The maximum Gasteiger partial charge on any atom is 0.282 e. The van der Waals surface area contributed by atoms with Gasteiger partial charge in [-0.25, -0.2) is 23.3 Å². The Hall–Kier alpha value is -3.34. The summed E-state index contributed by atoms with van der Waals surface area (Å²) in [5.74, 6) is -2.44. The second-order valence-electron chi connectivity index (χ2n) is 9.19. The van der Waals surface area contributed by atoms with E-state index in [2.05, 4.69) is 20.4 Å². The number of rotatable bonds is 4. The van der Waals surface area contributed by atoms with Crippen LogP contribution >= 0.6 is 11.3 Å². The minimum absolute atomic E-state index is 0.164. The van der Waals surface area contributed by atoms with Crippen LogP contribution in [0.25, 0.3) is 15.7 Å². The quantitative estimate of drug-likeness (QED) is 0.477. The van der Waals surface area contributed by atoms with Crippen molar-refractivity contribution < 1.29 is 13.6 Å². The first-order valence-electron chi connectivity index (χ1n) is 11.1. The predicted octanol–water partition coefficient (Wildman–Crippen LogP) is 3.73. The molecule has 4 aromatic rings. The molecule has 6 rings (SSSR count). The molecule has 0 spiro atoms. The van der Waals surface area contributed by atoms with Gasteiger partial charge in [-0.2, -0.15) is 5.10 Å². The third kappa shape index (κ3) is 3.46. The highest BCUT2D eigenvalue weighted by Crippen LogP contribution is 2.42. The molecule has 1 atom stereocenters. The molecule has 1 N–H and O–H groups in total. The Balaban J connectivity index is 1.33. The van der Waals surface area contributed by atoms with Gasteiger partial charge in [0.15, 0.2) is 0 Å². The number of nitrogens with one attached hydrogen (secondary N) is 1. The van der Waals surface area contributed by atoms with Crippen molar-refractivity contribution in [2.75, 3.05) is 37.4 Å². The van der Waals surface area contributed by atoms with Crippen LogP contribution in [-0.2, 0) is 17.6 Å². The molecule has 0 aromatic carbocycles. The number of carbonyl (C=O) groups excluding carboxylic acids is 1. The number of carbonyl (C=O) groups is 1. The van der Waals surface area contributed by atoms with Crippen molar-refractivity contribution in [3.8, 4) is 0 Å². The summed E-state index contributed by atoms with van der Waals surface area (Å²) in [5, 5.41) is 8.81. The van der Waals surface area contributed by atoms with Gasteiger partial charge in [0.2, 0.25) is 5.91 Å². The lowest BCUT2D eigenvalue weighted by atomic mass is 9.86. The van der Waals surface area contributed by atoms with Gasteiger partial charge in [-0.15, -0.1) is 11.3 Å². The summed E-state index contributed by atoms with van der Waals surface area (Å²) in [7, 11) is 3.95. The van der Waals surface area contributed by atoms with E-state index in [-0.39, 0.29) is 11.8 Å². The standard InChI is InChI=1S/C23H23F2N7OS/c1-30(2)17-9-32-14(5-6-28-32)8-16(17)29-20-19-15-4-3-13(22(33)31-10-23(24,25)11-31)7-18(15)34-21(19)27-12-26-20/h5-6,8-9,12-13H,3-4,7,10-11H2,1-2H3,(H,26,27,29)/t13-/m0/s1. The van der Waals surface area contributed by atoms with Gasteiger partial charge in [-0.3, -0.25) is 4.79 Å². The molecule has 2 aliphatic rings. The zero-order valence-electron chi connectivity index (χ0n) is 18.8. The van der Waals surface area contributed by atoms with Crippen molar-refractivity contribution in [3.63, 3.8) is 0 Å². The molecule has 1 saturated heterocycles. The number of alkyl halides is 2. The van der Waals surface area contributed by atoms with E-state index in [0.717, 1.165) is 43.4 Å². The Kier molecular flexibility index (Phi) is 4.73. The summed E-state index contributed by atoms with van der Waals surface area (Å²) >= 11 is 1.56. The van der Waals surface area contributed by atoms with Crippen LogP contribution in [0.3, 0.4) is 0 Å². The maximum atomic E-state index is 13.2. The molecule has 0 unspecified atom stereocenters. The van der Waals surface area contributed by atoms with E-state index in [1.807, 2.05) is 41.8 Å². The fraction of sp³-hybridized carbons (Fsp3) is 0.391. The van der Waals surface area contributed by atoms with Crippen molar-refractivity contribution >= 4 is 50.2 Å². The number of thiophene rings is 1. The molecule has 0 saturated carbocycles. The van der Waals surface area contributed by atoms with E-state index in [1.54, 1.807) is 23.9 Å². The molecule has 0 bridgehead atoms. The van der Waals surface area contributed by atoms with E-state index in [0.29, 0.717) is 19.3 Å². The van der Waals surface area contributed by atoms with Gasteiger partial charge in [-0.05, 0) is 37.0 Å². The first-order chi connectivity index (χ1) is 16.3. The Labute approximate surface area is 198 Å². The number of anilines is 3. The second kappa shape index (κ2) is 7.59. The van der Waals surface area contributed by atoms with Crippen LogP contribution in [0.1, 0.15) is 16.9 Å². The monoisotopic (exact) mass is 483 g/mol. The highest BCUT2D eigenvalue weighted by Gasteiger charge is 2.48. The fourth-order valence-corrected chi connectivity index (χ4v) is 6.15. The molecule has 34 heavy (non-hydrogen) atoms. The zero-order valence-corrected chi connectivity index (χ0v) is 19.6. The minimum Gasteiger partial charge on any atom is -0.375 e. The van der Waals surface area contributed by atoms with Gasteiger partial charge in [0.25, 0.3) is 5.92 Å². The van der Waals surface area contributed by atoms with E-state index >= 15 is 0 Å². The molecule has 176 valence electrons. The zero-order chi connectivity index (χ0) is 23.6. The summed E-state index contributed by atoms with van der Waals surface area (Å²) in [6.45, 7) is -0.923. The number of aromatic nitrogens is 4. The molecular formula is C23H23F2N7OS. The topological polar surface area (TPSA) is 78.7 Å². The summed E-state index contributed by atoms with van der Waals surface area (Å²) in [6, 6.07) is 3.98. The SMILES string of the molecule is CN(C)c1cn2nccc2cc1Nc1ncnc2sc3c(c12)CC[C@H](C(=O)N1CC(F)(F)C1)C3. The summed E-state index contributed by atoms with van der Waals surface area (Å²) in [5.41, 5.74) is 3.98. The number of halogens is 2. The highest BCUT2D eigenvalue weighted by atomic mass is 32.1. The van der Waals surface area contributed by atoms with Gasteiger partial charge in [0, 0.05) is 31.1 Å². The van der Waals surface area contributed by atoms with Crippen LogP contribution in [0.4, 0.5) is 26.0 Å². The molecule has 4 aromatic heterocycles. The largest absolute Gasteiger partial charge is 0.375 e. The number of fused-ring (bicyclic) bond motifs is 4. The smallest absolute Gasteiger partial charge is 0.282 e. The number of likely N-dealkylation sites (tertiary alicyclic amines) is 1. The van der Waals surface area contributed by atoms with Gasteiger partial charge in [0.1, 0.15) is 17.0 Å². The van der Waals surface area contributed by atoms with Gasteiger partial charge >= 0.3 is 0 Å². The third-order valence-electron chi connectivity index (χ3n) is 6.60. The average Bonchev–Trinajstić information content (AvgIpc) is 3.39. The van der Waals surface area contributed by atoms with E-state index < -0.39 is 19.0 Å². The number of nitrogens with zero attached hydrogens (tertiary/aromatic N) is 6. The van der Waals surface area contributed by atoms with Crippen LogP contribution < -0.4 is 10.2 Å². The lowest BCUT2D eigenvalue weighted by Crippen LogP contribution is -2.60. The van der Waals surface area contributed by atoms with Crippen LogP contribution in [0.15, 0.2) is 30.9 Å². The summed E-state index contributed by atoms with van der Waals surface area (Å²) in [6.07, 6.45) is 7.16. The number of hydrogen-bond donors (Lipinski definition) is 1. The Bertz CT molecular complexity index is 1420. The van der Waals surface area contributed by atoms with Crippen molar-refractivity contribution in [2.24, 2.45) is 5.92 Å². The molecule has 1 amide bonds. The van der Waals surface area contributed by atoms with E-state index in [4.69, 9.17) is 0 Å². The van der Waals surface area contributed by atoms with Crippen LogP contribution in [0.5, 0.6) is 0 Å². The molecular weight excluding hydrogens is 460 g/mol. The lowest BCUT2D eigenvalue weighted by Gasteiger charge is -2.41. The fourth-order valence-electron chi connectivity index (χ4n) is 4.88. The van der Waals surface area contributed by atoms with Gasteiger partial charge < -0.3 is 15.1 Å². The van der Waals surface area contributed by atoms with Crippen molar-refractivity contribution in [1.29, 1.82) is 0 Å². The van der Waals surface area contributed by atoms with E-state index in [1.165, 1.54) is 4.90 Å². The van der Waals surface area contributed by atoms with Crippen LogP contribution in [0.2, 0.25) is 0 Å². The highest BCUT2D eigenvalue weighted by molar-refractivity contribution is 7.19. The van der Waals surface area contributed by atoms with Crippen LogP contribution in [-0.4, -0.2) is 63.5 Å². The number of aryl methyl sites for hydroxylation is 1. The van der Waals surface area contributed by atoms with Crippen LogP contribution in [0, 0.1) is 5.92 Å². The molecule has 1 aliphatic heterocycles. The first kappa shape index (κ1) is 21.2. The average molecular weight is 484 g/mol. The molecule has 8 nitrogen and oxygen atoms in total. The lowest BCUT2D eigenvalue weighted by molar-refractivity contribution is -0.169. The Morgan fingerprint density at radius 1 is 1.29 bits per heavy atom. The number of pyridine rings is 1. The number of amides is 1. The Morgan fingerprint density at radius 3 is 2.88 bits per heavy atom. The van der Waals surface area contributed by atoms with Gasteiger partial charge in [0.05, 0.1) is 41.6 Å². The predicted molar refractivity (Wildman–Crippen MR) is 127 cm³/mol.